The zero-order valence-corrected chi connectivity index (χ0v) is 20.4. The molecule has 0 amide bonds. The van der Waals surface area contributed by atoms with Crippen molar-refractivity contribution >= 4 is 0 Å². The first-order chi connectivity index (χ1) is 15.2. The van der Waals surface area contributed by atoms with Crippen molar-refractivity contribution in [2.75, 3.05) is 0 Å². The van der Waals surface area contributed by atoms with E-state index in [9.17, 15) is 0 Å². The number of hydrogen-bond acceptors (Lipinski definition) is 0. The van der Waals surface area contributed by atoms with E-state index in [2.05, 4.69) is 62.5 Å². The smallest absolute Gasteiger partial charge is 0.0102 e. The quantitative estimate of drug-likeness (QED) is 0.405. The van der Waals surface area contributed by atoms with E-state index in [0.29, 0.717) is 0 Å². The summed E-state index contributed by atoms with van der Waals surface area (Å²) in [7, 11) is 0. The molecule has 0 radical (unpaired) electrons. The molecule has 31 heavy (non-hydrogen) atoms. The van der Waals surface area contributed by atoms with Crippen molar-refractivity contribution in [3.8, 4) is 0 Å². The molecule has 0 aromatic heterocycles. The summed E-state index contributed by atoms with van der Waals surface area (Å²) in [6.45, 7) is 8.47. The molecule has 0 fully saturated rings. The molecule has 0 N–H and O–H groups in total. The Morgan fingerprint density at radius 3 is 1.71 bits per heavy atom. The summed E-state index contributed by atoms with van der Waals surface area (Å²) in [6.07, 6.45) is 32.7. The van der Waals surface area contributed by atoms with Gasteiger partial charge in [-0.2, -0.15) is 0 Å². The van der Waals surface area contributed by atoms with Crippen molar-refractivity contribution in [2.45, 2.75) is 98.3 Å². The van der Waals surface area contributed by atoms with E-state index in [4.69, 9.17) is 0 Å². The van der Waals surface area contributed by atoms with E-state index in [0.717, 1.165) is 0 Å². The third-order valence-electron chi connectivity index (χ3n) is 6.92. The van der Waals surface area contributed by atoms with E-state index in [1.54, 1.807) is 33.4 Å². The van der Waals surface area contributed by atoms with Crippen molar-refractivity contribution in [1.29, 1.82) is 0 Å². The minimum absolute atomic E-state index is 1.19. The summed E-state index contributed by atoms with van der Waals surface area (Å²) in [5.41, 5.74) is 12.6. The Kier molecular flexibility index (Phi) is 9.19. The van der Waals surface area contributed by atoms with Crippen molar-refractivity contribution in [2.24, 2.45) is 0 Å². The molecule has 0 atom stereocenters. The number of allylic oxidation sites excluding steroid dienone is 16. The highest BCUT2D eigenvalue weighted by molar-refractivity contribution is 5.43. The van der Waals surface area contributed by atoms with Gasteiger partial charge in [-0.15, -0.1) is 0 Å². The van der Waals surface area contributed by atoms with Crippen LogP contribution in [-0.4, -0.2) is 0 Å². The molecular formula is C31H42. The van der Waals surface area contributed by atoms with E-state index in [-0.39, 0.29) is 0 Å². The third-order valence-corrected chi connectivity index (χ3v) is 6.92. The lowest BCUT2D eigenvalue weighted by atomic mass is 9.85. The van der Waals surface area contributed by atoms with Gasteiger partial charge in [-0.1, -0.05) is 95.9 Å². The Morgan fingerprint density at radius 2 is 1.16 bits per heavy atom. The van der Waals surface area contributed by atoms with Crippen LogP contribution in [0.2, 0.25) is 0 Å². The highest BCUT2D eigenvalue weighted by Crippen LogP contribution is 2.33. The van der Waals surface area contributed by atoms with Gasteiger partial charge in [0.2, 0.25) is 0 Å². The predicted octanol–water partition coefficient (Wildman–Crippen LogP) is 9.81. The summed E-state index contributed by atoms with van der Waals surface area (Å²) < 4.78 is 0. The molecule has 0 unspecified atom stereocenters. The summed E-state index contributed by atoms with van der Waals surface area (Å²) in [6, 6.07) is 0. The molecule has 4 aliphatic carbocycles. The molecule has 0 heterocycles. The molecule has 0 bridgehead atoms. The van der Waals surface area contributed by atoms with Gasteiger partial charge >= 0.3 is 0 Å². The van der Waals surface area contributed by atoms with Gasteiger partial charge in [0.1, 0.15) is 0 Å². The van der Waals surface area contributed by atoms with E-state index in [1.807, 2.05) is 13.8 Å². The highest BCUT2D eigenvalue weighted by Gasteiger charge is 2.14. The Balaban J connectivity index is 0.00000132. The van der Waals surface area contributed by atoms with Gasteiger partial charge < -0.3 is 0 Å². The molecule has 0 aromatic rings. The number of rotatable bonds is 6. The van der Waals surface area contributed by atoms with Gasteiger partial charge in [0.15, 0.2) is 0 Å². The molecule has 4 rings (SSSR count). The van der Waals surface area contributed by atoms with Crippen LogP contribution in [0.5, 0.6) is 0 Å². The molecule has 4 aliphatic rings. The van der Waals surface area contributed by atoms with Crippen LogP contribution >= 0.6 is 0 Å². The summed E-state index contributed by atoms with van der Waals surface area (Å²) in [4.78, 5) is 0. The van der Waals surface area contributed by atoms with Crippen LogP contribution in [-0.2, 0) is 0 Å². The van der Waals surface area contributed by atoms with Gasteiger partial charge in [0.25, 0.3) is 0 Å². The van der Waals surface area contributed by atoms with Crippen LogP contribution in [0.4, 0.5) is 0 Å². The molecule has 0 saturated heterocycles. The van der Waals surface area contributed by atoms with Crippen LogP contribution < -0.4 is 0 Å². The van der Waals surface area contributed by atoms with Crippen molar-refractivity contribution in [1.82, 2.24) is 0 Å². The minimum atomic E-state index is 1.19. The lowest BCUT2D eigenvalue weighted by Gasteiger charge is -2.21. The molecule has 0 heteroatoms. The van der Waals surface area contributed by atoms with Crippen LogP contribution in [0.3, 0.4) is 0 Å². The second-order valence-electron chi connectivity index (χ2n) is 9.34. The highest BCUT2D eigenvalue weighted by atomic mass is 14.2. The van der Waals surface area contributed by atoms with Gasteiger partial charge in [-0.05, 0) is 95.6 Å². The lowest BCUT2D eigenvalue weighted by molar-refractivity contribution is 0.755. The zero-order valence-electron chi connectivity index (χ0n) is 20.4. The predicted molar refractivity (Wildman–Crippen MR) is 138 cm³/mol. The first-order valence-electron chi connectivity index (χ1n) is 12.6. The fourth-order valence-electron chi connectivity index (χ4n) is 4.89. The summed E-state index contributed by atoms with van der Waals surface area (Å²) in [5.74, 6) is 0. The third kappa shape index (κ3) is 7.23. The number of hydrogen-bond donors (Lipinski definition) is 0. The van der Waals surface area contributed by atoms with Gasteiger partial charge in [-0.25, -0.2) is 0 Å². The van der Waals surface area contributed by atoms with Crippen molar-refractivity contribution < 1.29 is 0 Å². The van der Waals surface area contributed by atoms with Crippen LogP contribution in [0.1, 0.15) is 98.3 Å². The van der Waals surface area contributed by atoms with Crippen LogP contribution in [0, 0.1) is 0 Å². The normalized spacial score (nSPS) is 21.2. The van der Waals surface area contributed by atoms with E-state index in [1.165, 1.54) is 81.8 Å². The molecule has 0 saturated carbocycles. The molecule has 0 nitrogen and oxygen atoms in total. The Labute approximate surface area is 191 Å². The monoisotopic (exact) mass is 414 g/mol. The van der Waals surface area contributed by atoms with Crippen molar-refractivity contribution in [3.05, 3.63) is 93.2 Å². The standard InChI is InChI=1S/C29H36.C2H6/c1-22-6-8-26(9-7-22)21-27-14-12-24(13-15-27)10-11-25-16-18-28(19-17-25)29-5-3-4-23(2)20-29;1-2/h4,6,8,12,14,16,18,20H,3,5,7,9-11,13,15,17,19,21H2,1-2H3;1-2H3. The van der Waals surface area contributed by atoms with Gasteiger partial charge in [0.05, 0.1) is 0 Å². The SMILES string of the molecule is CC.CC1=CCCC(C2=CC=C(CCC3=CC=C(CC4=CC=C(C)CC4)CC3)CC2)=C1. The van der Waals surface area contributed by atoms with Gasteiger partial charge in [-0.3, -0.25) is 0 Å². The topological polar surface area (TPSA) is 0 Å². The largest absolute Gasteiger partial charge is 0.0813 e. The first-order valence-corrected chi connectivity index (χ1v) is 12.6. The summed E-state index contributed by atoms with van der Waals surface area (Å²) >= 11 is 0. The molecule has 0 aromatic carbocycles. The maximum Gasteiger partial charge on any atom is -0.0102 e. The van der Waals surface area contributed by atoms with Gasteiger partial charge in [0, 0.05) is 0 Å². The second kappa shape index (κ2) is 12.1. The van der Waals surface area contributed by atoms with Crippen LogP contribution in [0.15, 0.2) is 93.2 Å². The Bertz CT molecular complexity index is 886. The fraction of sp³-hybridized carbons (Fsp3) is 0.484. The fourth-order valence-corrected chi connectivity index (χ4v) is 4.89. The average molecular weight is 415 g/mol. The second-order valence-corrected chi connectivity index (χ2v) is 9.34. The maximum absolute atomic E-state index is 2.43. The molecular weight excluding hydrogens is 372 g/mol. The minimum Gasteiger partial charge on any atom is -0.0813 e. The summed E-state index contributed by atoms with van der Waals surface area (Å²) in [5, 5.41) is 0. The zero-order chi connectivity index (χ0) is 22.1. The Hall–Kier alpha value is -2.08. The molecule has 0 aliphatic heterocycles. The molecule has 166 valence electrons. The lowest BCUT2D eigenvalue weighted by Crippen LogP contribution is -2.01. The molecule has 0 spiro atoms. The maximum atomic E-state index is 2.43. The van der Waals surface area contributed by atoms with Crippen LogP contribution in [0.25, 0.3) is 0 Å². The van der Waals surface area contributed by atoms with Crippen molar-refractivity contribution in [3.63, 3.8) is 0 Å². The van der Waals surface area contributed by atoms with E-state index >= 15 is 0 Å². The average Bonchev–Trinajstić information content (AvgIpc) is 2.82. The Morgan fingerprint density at radius 1 is 0.581 bits per heavy atom. The van der Waals surface area contributed by atoms with E-state index < -0.39 is 0 Å². The first kappa shape index (κ1) is 23.6.